The van der Waals surface area contributed by atoms with E-state index < -0.39 is 6.36 Å². The van der Waals surface area contributed by atoms with Gasteiger partial charge in [0, 0.05) is 13.1 Å². The van der Waals surface area contributed by atoms with Gasteiger partial charge in [-0.05, 0) is 25.4 Å². The second kappa shape index (κ2) is 7.86. The minimum absolute atomic E-state index is 0.289. The lowest BCUT2D eigenvalue weighted by Gasteiger charge is -2.24. The molecule has 0 radical (unpaired) electrons. The van der Waals surface area contributed by atoms with Crippen molar-refractivity contribution in [2.24, 2.45) is 11.7 Å². The molecule has 16 heavy (non-hydrogen) atoms. The van der Waals surface area contributed by atoms with Gasteiger partial charge in [-0.25, -0.2) is 0 Å². The summed E-state index contributed by atoms with van der Waals surface area (Å²) >= 11 is 0. The number of nitrogens with zero attached hydrogens (tertiary/aromatic N) is 1. The Morgan fingerprint density at radius 2 is 1.88 bits per heavy atom. The van der Waals surface area contributed by atoms with E-state index in [0.717, 1.165) is 19.5 Å². The minimum atomic E-state index is -4.53. The van der Waals surface area contributed by atoms with Gasteiger partial charge in [0.25, 0.3) is 0 Å². The Morgan fingerprint density at radius 3 is 2.31 bits per heavy atom. The van der Waals surface area contributed by atoms with Gasteiger partial charge in [0.05, 0.1) is 6.61 Å². The Kier molecular flexibility index (Phi) is 7.70. The predicted molar refractivity (Wildman–Crippen MR) is 57.0 cm³/mol. The first-order valence-corrected chi connectivity index (χ1v) is 5.48. The third-order valence-corrected chi connectivity index (χ3v) is 1.98. The number of ether oxygens (including phenoxy) is 1. The second-order valence-corrected chi connectivity index (χ2v) is 4.13. The van der Waals surface area contributed by atoms with Gasteiger partial charge in [0.1, 0.15) is 0 Å². The van der Waals surface area contributed by atoms with Gasteiger partial charge in [-0.3, -0.25) is 4.74 Å². The smallest absolute Gasteiger partial charge is 0.330 e. The Hall–Kier alpha value is -0.330. The summed E-state index contributed by atoms with van der Waals surface area (Å²) < 4.78 is 39.0. The topological polar surface area (TPSA) is 38.5 Å². The van der Waals surface area contributed by atoms with Crippen LogP contribution in [0.15, 0.2) is 0 Å². The minimum Gasteiger partial charge on any atom is -0.330 e. The highest BCUT2D eigenvalue weighted by molar-refractivity contribution is 4.60. The van der Waals surface area contributed by atoms with Crippen LogP contribution in [-0.2, 0) is 4.74 Å². The van der Waals surface area contributed by atoms with Crippen molar-refractivity contribution in [2.75, 3.05) is 32.8 Å². The van der Waals surface area contributed by atoms with Crippen LogP contribution in [0.1, 0.15) is 20.3 Å². The molecule has 0 atom stereocenters. The highest BCUT2D eigenvalue weighted by atomic mass is 19.4. The molecule has 0 saturated heterocycles. The molecule has 0 rings (SSSR count). The van der Waals surface area contributed by atoms with Crippen LogP contribution in [0, 0.1) is 5.92 Å². The fourth-order valence-corrected chi connectivity index (χ4v) is 1.42. The summed E-state index contributed by atoms with van der Waals surface area (Å²) in [6.45, 7) is 6.06. The average Bonchev–Trinajstić information content (AvgIpc) is 2.11. The van der Waals surface area contributed by atoms with Crippen LogP contribution < -0.4 is 5.73 Å². The first kappa shape index (κ1) is 15.7. The van der Waals surface area contributed by atoms with Crippen molar-refractivity contribution >= 4 is 0 Å². The van der Waals surface area contributed by atoms with E-state index in [1.54, 1.807) is 0 Å². The van der Waals surface area contributed by atoms with E-state index in [0.29, 0.717) is 12.5 Å². The zero-order valence-corrected chi connectivity index (χ0v) is 9.89. The summed E-state index contributed by atoms with van der Waals surface area (Å²) in [7, 11) is 0. The van der Waals surface area contributed by atoms with E-state index in [-0.39, 0.29) is 13.2 Å². The van der Waals surface area contributed by atoms with E-state index in [9.17, 15) is 13.2 Å². The maximum Gasteiger partial charge on any atom is 0.522 e. The zero-order chi connectivity index (χ0) is 12.6. The Balaban J connectivity index is 3.82. The molecule has 0 aromatic heterocycles. The molecule has 2 N–H and O–H groups in total. The molecular weight excluding hydrogens is 221 g/mol. The number of nitrogens with two attached hydrogens (primary N) is 1. The molecule has 0 spiro atoms. The van der Waals surface area contributed by atoms with Crippen molar-refractivity contribution in [1.29, 1.82) is 0 Å². The fourth-order valence-electron chi connectivity index (χ4n) is 1.42. The monoisotopic (exact) mass is 242 g/mol. The first-order valence-electron chi connectivity index (χ1n) is 5.48. The summed E-state index contributed by atoms with van der Waals surface area (Å²) in [5, 5.41) is 0. The quantitative estimate of drug-likeness (QED) is 0.705. The normalized spacial score (nSPS) is 12.8. The number of hydrogen-bond donors (Lipinski definition) is 1. The van der Waals surface area contributed by atoms with Crippen LogP contribution in [0.25, 0.3) is 0 Å². The largest absolute Gasteiger partial charge is 0.522 e. The third kappa shape index (κ3) is 10.2. The molecule has 98 valence electrons. The van der Waals surface area contributed by atoms with Crippen molar-refractivity contribution in [2.45, 2.75) is 26.6 Å². The number of alkyl halides is 3. The van der Waals surface area contributed by atoms with Gasteiger partial charge in [0.15, 0.2) is 0 Å². The molecule has 0 fully saturated rings. The molecule has 0 bridgehead atoms. The molecule has 0 saturated carbocycles. The molecule has 0 unspecified atom stereocenters. The van der Waals surface area contributed by atoms with Gasteiger partial charge >= 0.3 is 6.36 Å². The Morgan fingerprint density at radius 1 is 1.25 bits per heavy atom. The van der Waals surface area contributed by atoms with E-state index in [2.05, 4.69) is 4.74 Å². The maximum atomic E-state index is 11.8. The molecule has 0 aliphatic rings. The molecule has 0 aliphatic carbocycles. The van der Waals surface area contributed by atoms with Crippen LogP contribution in [0.3, 0.4) is 0 Å². The molecule has 0 heterocycles. The SMILES string of the molecule is CC(C)CN(CCCN)CCOC(F)(F)F. The van der Waals surface area contributed by atoms with Crippen LogP contribution in [0.2, 0.25) is 0 Å². The molecule has 0 amide bonds. The van der Waals surface area contributed by atoms with Crippen LogP contribution in [-0.4, -0.2) is 44.0 Å². The molecule has 6 heteroatoms. The predicted octanol–water partition coefficient (Wildman–Crippen LogP) is 1.83. The molecule has 3 nitrogen and oxygen atoms in total. The van der Waals surface area contributed by atoms with E-state index in [1.807, 2.05) is 18.7 Å². The van der Waals surface area contributed by atoms with Crippen molar-refractivity contribution in [3.8, 4) is 0 Å². The maximum absolute atomic E-state index is 11.8. The van der Waals surface area contributed by atoms with Crippen molar-refractivity contribution in [3.05, 3.63) is 0 Å². The number of hydrogen-bond acceptors (Lipinski definition) is 3. The third-order valence-electron chi connectivity index (χ3n) is 1.98. The average molecular weight is 242 g/mol. The van der Waals surface area contributed by atoms with Gasteiger partial charge < -0.3 is 10.6 Å². The standard InChI is InChI=1S/C10H21F3N2O/c1-9(2)8-15(5-3-4-14)6-7-16-10(11,12)13/h9H,3-8,14H2,1-2H3. The van der Waals surface area contributed by atoms with Crippen LogP contribution in [0.4, 0.5) is 13.2 Å². The van der Waals surface area contributed by atoms with Gasteiger partial charge in [0.2, 0.25) is 0 Å². The lowest BCUT2D eigenvalue weighted by Crippen LogP contribution is -2.34. The highest BCUT2D eigenvalue weighted by Crippen LogP contribution is 2.15. The van der Waals surface area contributed by atoms with E-state index in [4.69, 9.17) is 5.73 Å². The van der Waals surface area contributed by atoms with Gasteiger partial charge in [-0.1, -0.05) is 13.8 Å². The molecular formula is C10H21F3N2O. The second-order valence-electron chi connectivity index (χ2n) is 4.13. The summed E-state index contributed by atoms with van der Waals surface area (Å²) in [5.74, 6) is 0.420. The van der Waals surface area contributed by atoms with Crippen molar-refractivity contribution < 1.29 is 17.9 Å². The highest BCUT2D eigenvalue weighted by Gasteiger charge is 2.28. The molecule has 0 aliphatic heterocycles. The van der Waals surface area contributed by atoms with Gasteiger partial charge in [-0.2, -0.15) is 0 Å². The summed E-state index contributed by atoms with van der Waals surface area (Å²) in [4.78, 5) is 1.95. The van der Waals surface area contributed by atoms with Gasteiger partial charge in [-0.15, -0.1) is 13.2 Å². The summed E-state index contributed by atoms with van der Waals surface area (Å²) in [6.07, 6.45) is -3.74. The van der Waals surface area contributed by atoms with E-state index in [1.165, 1.54) is 0 Å². The molecule has 0 aromatic rings. The Bertz CT molecular complexity index is 174. The first-order chi connectivity index (χ1) is 7.35. The number of rotatable bonds is 8. The molecule has 0 aromatic carbocycles. The summed E-state index contributed by atoms with van der Waals surface area (Å²) in [6, 6.07) is 0. The Labute approximate surface area is 94.7 Å². The van der Waals surface area contributed by atoms with Crippen LogP contribution >= 0.6 is 0 Å². The fraction of sp³-hybridized carbons (Fsp3) is 1.00. The lowest BCUT2D eigenvalue weighted by molar-refractivity contribution is -0.325. The number of halogens is 3. The summed E-state index contributed by atoms with van der Waals surface area (Å²) in [5.41, 5.74) is 5.37. The van der Waals surface area contributed by atoms with Crippen LogP contribution in [0.5, 0.6) is 0 Å². The van der Waals surface area contributed by atoms with E-state index >= 15 is 0 Å². The van der Waals surface area contributed by atoms with Crippen molar-refractivity contribution in [3.63, 3.8) is 0 Å². The zero-order valence-electron chi connectivity index (χ0n) is 9.89. The lowest BCUT2D eigenvalue weighted by atomic mass is 10.2. The van der Waals surface area contributed by atoms with Crippen molar-refractivity contribution in [1.82, 2.24) is 4.90 Å².